The number of rotatable bonds is 8. The van der Waals surface area contributed by atoms with Gasteiger partial charge in [-0.25, -0.2) is 0 Å². The second kappa shape index (κ2) is 9.75. The van der Waals surface area contributed by atoms with E-state index >= 15 is 0 Å². The van der Waals surface area contributed by atoms with Gasteiger partial charge in [-0.15, -0.1) is 0 Å². The van der Waals surface area contributed by atoms with E-state index in [1.54, 1.807) is 0 Å². The van der Waals surface area contributed by atoms with Crippen molar-refractivity contribution in [2.24, 2.45) is 0 Å². The van der Waals surface area contributed by atoms with Gasteiger partial charge < -0.3 is 5.32 Å². The Bertz CT molecular complexity index is 88.6. The molecular weight excluding hydrogens is 186 g/mol. The van der Waals surface area contributed by atoms with Crippen molar-refractivity contribution in [3.63, 3.8) is 0 Å². The number of thioether (sulfide) groups is 2. The van der Waals surface area contributed by atoms with Crippen LogP contribution in [0.25, 0.3) is 0 Å². The summed E-state index contributed by atoms with van der Waals surface area (Å²) in [7, 11) is 0. The summed E-state index contributed by atoms with van der Waals surface area (Å²) in [6, 6.07) is 0.675. The lowest BCUT2D eigenvalue weighted by molar-refractivity contribution is 0.573. The molecule has 0 heterocycles. The van der Waals surface area contributed by atoms with Crippen molar-refractivity contribution in [3.8, 4) is 0 Å². The van der Waals surface area contributed by atoms with E-state index < -0.39 is 0 Å². The van der Waals surface area contributed by atoms with Crippen LogP contribution in [-0.4, -0.2) is 36.6 Å². The van der Waals surface area contributed by atoms with Gasteiger partial charge in [0.15, 0.2) is 0 Å². The number of hydrogen-bond acceptors (Lipinski definition) is 3. The van der Waals surface area contributed by atoms with E-state index in [0.29, 0.717) is 6.04 Å². The van der Waals surface area contributed by atoms with Crippen LogP contribution in [0.5, 0.6) is 0 Å². The van der Waals surface area contributed by atoms with Crippen LogP contribution >= 0.6 is 23.5 Å². The van der Waals surface area contributed by atoms with Gasteiger partial charge in [0.2, 0.25) is 0 Å². The van der Waals surface area contributed by atoms with Crippen LogP contribution in [0.2, 0.25) is 0 Å². The first-order chi connectivity index (χ1) is 5.81. The summed E-state index contributed by atoms with van der Waals surface area (Å²) in [6.45, 7) is 3.44. The third kappa shape index (κ3) is 8.75. The maximum absolute atomic E-state index is 3.51. The summed E-state index contributed by atoms with van der Waals surface area (Å²) in [5.41, 5.74) is 0. The topological polar surface area (TPSA) is 12.0 Å². The Labute approximate surface area is 85.5 Å². The van der Waals surface area contributed by atoms with Gasteiger partial charge in [-0.1, -0.05) is 0 Å². The molecule has 3 heteroatoms. The highest BCUT2D eigenvalue weighted by Crippen LogP contribution is 1.99. The Balaban J connectivity index is 2.97. The fourth-order valence-corrected chi connectivity index (χ4v) is 2.14. The van der Waals surface area contributed by atoms with E-state index in [2.05, 4.69) is 24.8 Å². The Morgan fingerprint density at radius 3 is 2.50 bits per heavy atom. The molecule has 0 rings (SSSR count). The Morgan fingerprint density at radius 1 is 1.17 bits per heavy atom. The van der Waals surface area contributed by atoms with E-state index in [0.717, 1.165) is 0 Å². The molecule has 0 amide bonds. The standard InChI is InChI=1S/C9H21NS2/c1-9(8-12-3)10-6-4-5-7-11-2/h9-10H,4-8H2,1-3H3. The van der Waals surface area contributed by atoms with Gasteiger partial charge in [0.25, 0.3) is 0 Å². The molecule has 0 bridgehead atoms. The first-order valence-corrected chi connectivity index (χ1v) is 7.31. The molecular formula is C9H21NS2. The van der Waals surface area contributed by atoms with E-state index in [1.807, 2.05) is 23.5 Å². The van der Waals surface area contributed by atoms with Gasteiger partial charge >= 0.3 is 0 Å². The molecule has 0 aliphatic carbocycles. The monoisotopic (exact) mass is 207 g/mol. The van der Waals surface area contributed by atoms with Crippen LogP contribution in [0.4, 0.5) is 0 Å². The molecule has 0 aliphatic heterocycles. The van der Waals surface area contributed by atoms with Crippen molar-refractivity contribution >= 4 is 23.5 Å². The minimum Gasteiger partial charge on any atom is -0.313 e. The first kappa shape index (κ1) is 12.7. The average molecular weight is 207 g/mol. The molecule has 0 aliphatic rings. The molecule has 0 fully saturated rings. The molecule has 1 unspecified atom stereocenters. The second-order valence-electron chi connectivity index (χ2n) is 3.01. The highest BCUT2D eigenvalue weighted by Gasteiger charge is 1.97. The molecule has 1 N–H and O–H groups in total. The lowest BCUT2D eigenvalue weighted by Gasteiger charge is -2.11. The van der Waals surface area contributed by atoms with Gasteiger partial charge in [0.05, 0.1) is 0 Å². The quantitative estimate of drug-likeness (QED) is 0.614. The van der Waals surface area contributed by atoms with Gasteiger partial charge in [0, 0.05) is 11.8 Å². The fraction of sp³-hybridized carbons (Fsp3) is 1.00. The van der Waals surface area contributed by atoms with Crippen LogP contribution in [0, 0.1) is 0 Å². The zero-order valence-electron chi connectivity index (χ0n) is 8.43. The maximum Gasteiger partial charge on any atom is 0.0129 e. The van der Waals surface area contributed by atoms with E-state index in [9.17, 15) is 0 Å². The number of nitrogens with one attached hydrogen (secondary N) is 1. The third-order valence-corrected chi connectivity index (χ3v) is 3.21. The van der Waals surface area contributed by atoms with Gasteiger partial charge in [0.1, 0.15) is 0 Å². The minimum absolute atomic E-state index is 0.675. The smallest absolute Gasteiger partial charge is 0.0129 e. The predicted octanol–water partition coefficient (Wildman–Crippen LogP) is 2.47. The SMILES string of the molecule is CSCCCCNC(C)CSC. The van der Waals surface area contributed by atoms with Gasteiger partial charge in [-0.3, -0.25) is 0 Å². The fourth-order valence-electron chi connectivity index (χ4n) is 1.03. The van der Waals surface area contributed by atoms with E-state index in [4.69, 9.17) is 0 Å². The molecule has 0 radical (unpaired) electrons. The van der Waals surface area contributed by atoms with E-state index in [1.165, 1.54) is 30.9 Å². The maximum atomic E-state index is 3.51. The summed E-state index contributed by atoms with van der Waals surface area (Å²) in [5.74, 6) is 2.53. The zero-order valence-corrected chi connectivity index (χ0v) is 10.1. The summed E-state index contributed by atoms with van der Waals surface area (Å²) in [6.07, 6.45) is 7.00. The highest BCUT2D eigenvalue weighted by atomic mass is 32.2. The largest absolute Gasteiger partial charge is 0.313 e. The molecule has 0 aromatic carbocycles. The van der Waals surface area contributed by atoms with Crippen molar-refractivity contribution in [2.75, 3.05) is 30.6 Å². The molecule has 0 saturated heterocycles. The van der Waals surface area contributed by atoms with Gasteiger partial charge in [-0.05, 0) is 44.6 Å². The highest BCUT2D eigenvalue weighted by molar-refractivity contribution is 7.98. The zero-order chi connectivity index (χ0) is 9.23. The van der Waals surface area contributed by atoms with Crippen LogP contribution < -0.4 is 5.32 Å². The minimum atomic E-state index is 0.675. The molecule has 74 valence electrons. The molecule has 0 aromatic rings. The number of hydrogen-bond donors (Lipinski definition) is 1. The molecule has 1 nitrogen and oxygen atoms in total. The number of unbranched alkanes of at least 4 members (excludes halogenated alkanes) is 1. The van der Waals surface area contributed by atoms with Crippen molar-refractivity contribution in [2.45, 2.75) is 25.8 Å². The average Bonchev–Trinajstić information content (AvgIpc) is 2.05. The molecule has 0 saturated carbocycles. The Hall–Kier alpha value is 0.660. The van der Waals surface area contributed by atoms with Crippen molar-refractivity contribution in [3.05, 3.63) is 0 Å². The molecule has 0 spiro atoms. The van der Waals surface area contributed by atoms with Crippen LogP contribution in [-0.2, 0) is 0 Å². The predicted molar refractivity (Wildman–Crippen MR) is 63.5 cm³/mol. The summed E-state index contributed by atoms with van der Waals surface area (Å²) in [5, 5.41) is 3.51. The van der Waals surface area contributed by atoms with Crippen molar-refractivity contribution in [1.82, 2.24) is 5.32 Å². The van der Waals surface area contributed by atoms with Crippen LogP contribution in [0.3, 0.4) is 0 Å². The van der Waals surface area contributed by atoms with Gasteiger partial charge in [-0.2, -0.15) is 23.5 Å². The Kier molecular flexibility index (Phi) is 10.3. The van der Waals surface area contributed by atoms with Crippen molar-refractivity contribution in [1.29, 1.82) is 0 Å². The third-order valence-electron chi connectivity index (χ3n) is 1.68. The van der Waals surface area contributed by atoms with Crippen molar-refractivity contribution < 1.29 is 0 Å². The lowest BCUT2D eigenvalue weighted by Crippen LogP contribution is -2.29. The summed E-state index contributed by atoms with van der Waals surface area (Å²) in [4.78, 5) is 0. The first-order valence-electron chi connectivity index (χ1n) is 4.52. The van der Waals surface area contributed by atoms with Crippen LogP contribution in [0.15, 0.2) is 0 Å². The van der Waals surface area contributed by atoms with E-state index in [-0.39, 0.29) is 0 Å². The molecule has 1 atom stereocenters. The lowest BCUT2D eigenvalue weighted by atomic mass is 10.3. The van der Waals surface area contributed by atoms with Crippen LogP contribution in [0.1, 0.15) is 19.8 Å². The second-order valence-corrected chi connectivity index (χ2v) is 4.91. The normalized spacial score (nSPS) is 13.2. The Morgan fingerprint density at radius 2 is 1.92 bits per heavy atom. The summed E-state index contributed by atoms with van der Waals surface area (Å²) < 4.78 is 0. The molecule has 12 heavy (non-hydrogen) atoms. The summed E-state index contributed by atoms with van der Waals surface area (Å²) >= 11 is 3.85. The molecule has 0 aromatic heterocycles.